The number of aromatic amines is 1. The van der Waals surface area contributed by atoms with Crippen molar-refractivity contribution in [2.24, 2.45) is 0 Å². The summed E-state index contributed by atoms with van der Waals surface area (Å²) < 4.78 is 2.56. The van der Waals surface area contributed by atoms with Crippen molar-refractivity contribution in [3.63, 3.8) is 0 Å². The monoisotopic (exact) mass is 234 g/mol. The van der Waals surface area contributed by atoms with Gasteiger partial charge in [-0.1, -0.05) is 19.1 Å². The van der Waals surface area contributed by atoms with E-state index in [1.807, 2.05) is 17.1 Å². The normalized spacial score (nSPS) is 10.6. The van der Waals surface area contributed by atoms with Gasteiger partial charge in [0.25, 0.3) is 0 Å². The summed E-state index contributed by atoms with van der Waals surface area (Å²) in [5.74, 6) is 0. The fraction of sp³-hybridized carbons (Fsp3) is 0.364. The van der Waals surface area contributed by atoms with Crippen LogP contribution >= 0.6 is 12.2 Å². The van der Waals surface area contributed by atoms with E-state index in [9.17, 15) is 0 Å². The summed E-state index contributed by atoms with van der Waals surface area (Å²) in [5.41, 5.74) is 3.17. The lowest BCUT2D eigenvalue weighted by atomic mass is 10.1. The number of hydrogen-bond acceptors (Lipinski definition) is 3. The van der Waals surface area contributed by atoms with Crippen molar-refractivity contribution in [2.75, 3.05) is 0 Å². The standard InChI is InChI=1S/C11H14N4S/c1-3-9-10(12-7-13-11(9)16)8-5-14-15(4-2)6-8/h5-7H,3-4H2,1-2H3,(H,12,13,16). The lowest BCUT2D eigenvalue weighted by Crippen LogP contribution is -1.95. The van der Waals surface area contributed by atoms with Gasteiger partial charge in [0, 0.05) is 23.9 Å². The van der Waals surface area contributed by atoms with E-state index in [0.717, 1.165) is 29.8 Å². The van der Waals surface area contributed by atoms with Crippen LogP contribution in [0.15, 0.2) is 18.7 Å². The molecule has 16 heavy (non-hydrogen) atoms. The van der Waals surface area contributed by atoms with Gasteiger partial charge in [0.1, 0.15) is 4.64 Å². The molecule has 0 bridgehead atoms. The van der Waals surface area contributed by atoms with Gasteiger partial charge in [-0.15, -0.1) is 0 Å². The van der Waals surface area contributed by atoms with Crippen LogP contribution < -0.4 is 0 Å². The van der Waals surface area contributed by atoms with Crippen LogP contribution in [0.2, 0.25) is 0 Å². The zero-order chi connectivity index (χ0) is 11.5. The zero-order valence-corrected chi connectivity index (χ0v) is 10.2. The first kappa shape index (κ1) is 11.0. The molecule has 0 aliphatic heterocycles. The highest BCUT2D eigenvalue weighted by Gasteiger charge is 2.08. The van der Waals surface area contributed by atoms with E-state index in [-0.39, 0.29) is 0 Å². The Kier molecular flexibility index (Phi) is 3.14. The summed E-state index contributed by atoms with van der Waals surface area (Å²) >= 11 is 5.22. The van der Waals surface area contributed by atoms with E-state index >= 15 is 0 Å². The molecule has 0 fully saturated rings. The second-order valence-electron chi connectivity index (χ2n) is 3.50. The highest BCUT2D eigenvalue weighted by Crippen LogP contribution is 2.21. The summed E-state index contributed by atoms with van der Waals surface area (Å²) in [4.78, 5) is 7.25. The molecule has 0 amide bonds. The third kappa shape index (κ3) is 1.90. The molecule has 2 aromatic heterocycles. The van der Waals surface area contributed by atoms with Gasteiger partial charge >= 0.3 is 0 Å². The summed E-state index contributed by atoms with van der Waals surface area (Å²) in [5, 5.41) is 4.26. The number of rotatable bonds is 3. The molecule has 0 saturated carbocycles. The minimum atomic E-state index is 0.667. The van der Waals surface area contributed by atoms with Gasteiger partial charge in [0.15, 0.2) is 0 Å². The van der Waals surface area contributed by atoms with Crippen molar-refractivity contribution in [3.05, 3.63) is 28.9 Å². The van der Waals surface area contributed by atoms with Crippen LogP contribution in [0, 0.1) is 4.64 Å². The molecule has 0 spiro atoms. The summed E-state index contributed by atoms with van der Waals surface area (Å²) in [6.45, 7) is 5.01. The molecular formula is C11H14N4S. The molecule has 2 aromatic rings. The molecule has 1 N–H and O–H groups in total. The second kappa shape index (κ2) is 4.57. The average molecular weight is 234 g/mol. The lowest BCUT2D eigenvalue weighted by molar-refractivity contribution is 0.660. The van der Waals surface area contributed by atoms with E-state index in [1.54, 1.807) is 6.33 Å². The molecule has 0 saturated heterocycles. The Morgan fingerprint density at radius 1 is 1.44 bits per heavy atom. The van der Waals surface area contributed by atoms with E-state index in [0.29, 0.717) is 4.64 Å². The van der Waals surface area contributed by atoms with Crippen molar-refractivity contribution in [2.45, 2.75) is 26.8 Å². The Morgan fingerprint density at radius 2 is 2.25 bits per heavy atom. The predicted octanol–water partition coefficient (Wildman–Crippen LogP) is 2.58. The quantitative estimate of drug-likeness (QED) is 0.830. The van der Waals surface area contributed by atoms with Crippen LogP contribution in [-0.2, 0) is 13.0 Å². The number of H-pyrrole nitrogens is 1. The zero-order valence-electron chi connectivity index (χ0n) is 9.40. The molecule has 0 aliphatic rings. The van der Waals surface area contributed by atoms with E-state index in [4.69, 9.17) is 12.2 Å². The third-order valence-electron chi connectivity index (χ3n) is 2.55. The maximum atomic E-state index is 5.22. The molecule has 0 atom stereocenters. The minimum absolute atomic E-state index is 0.667. The number of hydrogen-bond donors (Lipinski definition) is 1. The number of nitrogens with zero attached hydrogens (tertiary/aromatic N) is 3. The first-order valence-electron chi connectivity index (χ1n) is 5.35. The average Bonchev–Trinajstić information content (AvgIpc) is 2.77. The highest BCUT2D eigenvalue weighted by atomic mass is 32.1. The maximum absolute atomic E-state index is 5.22. The van der Waals surface area contributed by atoms with Crippen molar-refractivity contribution < 1.29 is 0 Å². The van der Waals surface area contributed by atoms with Crippen molar-refractivity contribution in [1.82, 2.24) is 19.7 Å². The largest absolute Gasteiger partial charge is 0.345 e. The first-order valence-corrected chi connectivity index (χ1v) is 5.76. The minimum Gasteiger partial charge on any atom is -0.345 e. The maximum Gasteiger partial charge on any atom is 0.133 e. The van der Waals surface area contributed by atoms with Gasteiger partial charge in [-0.3, -0.25) is 4.68 Å². The van der Waals surface area contributed by atoms with Gasteiger partial charge < -0.3 is 4.98 Å². The Morgan fingerprint density at radius 3 is 2.88 bits per heavy atom. The van der Waals surface area contributed by atoms with Crippen LogP contribution in [0.1, 0.15) is 19.4 Å². The molecule has 84 valence electrons. The SMILES string of the molecule is CCc1c(-c2cnn(CC)c2)[nH]cnc1=S. The Balaban J connectivity index is 2.55. The molecular weight excluding hydrogens is 220 g/mol. The van der Waals surface area contributed by atoms with Crippen LogP contribution in [0.3, 0.4) is 0 Å². The lowest BCUT2D eigenvalue weighted by Gasteiger charge is -2.04. The molecule has 2 heterocycles. The van der Waals surface area contributed by atoms with Gasteiger partial charge in [0.05, 0.1) is 18.2 Å². The van der Waals surface area contributed by atoms with E-state index in [2.05, 4.69) is 28.9 Å². The number of aromatic nitrogens is 4. The second-order valence-corrected chi connectivity index (χ2v) is 3.89. The number of nitrogens with one attached hydrogen (secondary N) is 1. The Hall–Kier alpha value is -1.49. The van der Waals surface area contributed by atoms with E-state index in [1.165, 1.54) is 0 Å². The van der Waals surface area contributed by atoms with Crippen molar-refractivity contribution in [3.8, 4) is 11.3 Å². The van der Waals surface area contributed by atoms with Gasteiger partial charge in [-0.05, 0) is 13.3 Å². The van der Waals surface area contributed by atoms with Gasteiger partial charge in [-0.25, -0.2) is 4.98 Å². The van der Waals surface area contributed by atoms with Gasteiger partial charge in [-0.2, -0.15) is 5.10 Å². The Labute approximate surface area is 99.4 Å². The predicted molar refractivity (Wildman–Crippen MR) is 65.7 cm³/mol. The molecule has 0 aliphatic carbocycles. The first-order chi connectivity index (χ1) is 7.76. The molecule has 0 radical (unpaired) electrons. The summed E-state index contributed by atoms with van der Waals surface area (Å²) in [7, 11) is 0. The number of aryl methyl sites for hydroxylation is 1. The molecule has 0 unspecified atom stereocenters. The van der Waals surface area contributed by atoms with Crippen LogP contribution in [-0.4, -0.2) is 19.7 Å². The van der Waals surface area contributed by atoms with Crippen LogP contribution in [0.4, 0.5) is 0 Å². The van der Waals surface area contributed by atoms with Gasteiger partial charge in [0.2, 0.25) is 0 Å². The van der Waals surface area contributed by atoms with Crippen LogP contribution in [0.5, 0.6) is 0 Å². The Bertz CT molecular complexity index is 541. The molecule has 2 rings (SSSR count). The fourth-order valence-corrected chi connectivity index (χ4v) is 1.98. The van der Waals surface area contributed by atoms with Crippen molar-refractivity contribution >= 4 is 12.2 Å². The van der Waals surface area contributed by atoms with Crippen molar-refractivity contribution in [1.29, 1.82) is 0 Å². The highest BCUT2D eigenvalue weighted by molar-refractivity contribution is 7.71. The summed E-state index contributed by atoms with van der Waals surface area (Å²) in [6, 6.07) is 0. The molecule has 5 heteroatoms. The summed E-state index contributed by atoms with van der Waals surface area (Å²) in [6.07, 6.45) is 6.37. The third-order valence-corrected chi connectivity index (χ3v) is 2.90. The van der Waals surface area contributed by atoms with E-state index < -0.39 is 0 Å². The topological polar surface area (TPSA) is 46.5 Å². The molecule has 4 nitrogen and oxygen atoms in total. The smallest absolute Gasteiger partial charge is 0.133 e. The van der Waals surface area contributed by atoms with Crippen LogP contribution in [0.25, 0.3) is 11.3 Å². The fourth-order valence-electron chi connectivity index (χ4n) is 1.68. The molecule has 0 aromatic carbocycles.